The number of carbonyl (C=O) groups is 1. The molecule has 0 aromatic heterocycles. The second-order valence-corrected chi connectivity index (χ2v) is 7.17. The molecule has 1 saturated heterocycles. The number of ketones is 1. The van der Waals surface area contributed by atoms with Crippen molar-refractivity contribution in [3.8, 4) is 5.75 Å². The van der Waals surface area contributed by atoms with Crippen LogP contribution in [0.25, 0.3) is 0 Å². The molecule has 1 fully saturated rings. The predicted molar refractivity (Wildman–Crippen MR) is 97.7 cm³/mol. The molecule has 0 saturated carbocycles. The van der Waals surface area contributed by atoms with Crippen LogP contribution in [0.15, 0.2) is 66.4 Å². The molecule has 2 aromatic carbocycles. The Morgan fingerprint density at radius 2 is 1.85 bits per heavy atom. The standard InChI is InChI=1S/C22H21NO3/c24-20-16-9-4-5-11-19(16)26-21-17-10-6-12-25-22(17)23(14-18(20)21)13-15-7-2-1-3-8-15/h1-5,7-9,11,14,17,21-22H,6,10,12-13H2. The summed E-state index contributed by atoms with van der Waals surface area (Å²) in [6.07, 6.45) is 3.73. The maximum atomic E-state index is 13.1. The van der Waals surface area contributed by atoms with Gasteiger partial charge in [0.05, 0.1) is 11.1 Å². The van der Waals surface area contributed by atoms with Crippen LogP contribution >= 0.6 is 0 Å². The largest absolute Gasteiger partial charge is 0.484 e. The highest BCUT2D eigenvalue weighted by molar-refractivity contribution is 6.12. The van der Waals surface area contributed by atoms with Gasteiger partial charge in [0.25, 0.3) is 0 Å². The third-order valence-electron chi connectivity index (χ3n) is 5.52. The first-order valence-corrected chi connectivity index (χ1v) is 9.24. The highest BCUT2D eigenvalue weighted by Gasteiger charge is 2.47. The van der Waals surface area contributed by atoms with Gasteiger partial charge in [-0.3, -0.25) is 4.79 Å². The van der Waals surface area contributed by atoms with Gasteiger partial charge in [-0.1, -0.05) is 42.5 Å². The molecule has 3 unspecified atom stereocenters. The van der Waals surface area contributed by atoms with Gasteiger partial charge in [-0.25, -0.2) is 0 Å². The fourth-order valence-electron chi connectivity index (χ4n) is 4.31. The summed E-state index contributed by atoms with van der Waals surface area (Å²) in [5, 5.41) is 0. The van der Waals surface area contributed by atoms with Crippen LogP contribution in [0.4, 0.5) is 0 Å². The van der Waals surface area contributed by atoms with E-state index >= 15 is 0 Å². The zero-order valence-electron chi connectivity index (χ0n) is 14.5. The lowest BCUT2D eigenvalue weighted by atomic mass is 9.81. The molecular formula is C22H21NO3. The van der Waals surface area contributed by atoms with Gasteiger partial charge in [-0.2, -0.15) is 0 Å². The van der Waals surface area contributed by atoms with E-state index in [2.05, 4.69) is 17.0 Å². The summed E-state index contributed by atoms with van der Waals surface area (Å²) in [6.45, 7) is 1.49. The molecule has 0 aliphatic carbocycles. The lowest BCUT2D eigenvalue weighted by molar-refractivity contribution is -0.135. The van der Waals surface area contributed by atoms with E-state index in [1.165, 1.54) is 5.56 Å². The van der Waals surface area contributed by atoms with Crippen molar-refractivity contribution in [2.45, 2.75) is 31.7 Å². The number of benzene rings is 2. The molecular weight excluding hydrogens is 326 g/mol. The van der Waals surface area contributed by atoms with E-state index < -0.39 is 0 Å². The van der Waals surface area contributed by atoms with Gasteiger partial charge in [0.1, 0.15) is 18.1 Å². The van der Waals surface area contributed by atoms with Crippen LogP contribution in [0.1, 0.15) is 28.8 Å². The molecule has 4 heteroatoms. The topological polar surface area (TPSA) is 38.8 Å². The summed E-state index contributed by atoms with van der Waals surface area (Å²) < 4.78 is 12.4. The van der Waals surface area contributed by atoms with Crippen molar-refractivity contribution in [3.05, 3.63) is 77.5 Å². The third-order valence-corrected chi connectivity index (χ3v) is 5.52. The zero-order chi connectivity index (χ0) is 17.5. The number of hydrogen-bond acceptors (Lipinski definition) is 4. The van der Waals surface area contributed by atoms with Gasteiger partial charge in [0, 0.05) is 25.3 Å². The Hall–Kier alpha value is -2.59. The fraction of sp³-hybridized carbons (Fsp3) is 0.318. The lowest BCUT2D eigenvalue weighted by Gasteiger charge is -2.47. The summed E-state index contributed by atoms with van der Waals surface area (Å²) in [5.74, 6) is 0.948. The average Bonchev–Trinajstić information content (AvgIpc) is 2.70. The molecule has 3 atom stereocenters. The number of rotatable bonds is 2. The summed E-state index contributed by atoms with van der Waals surface area (Å²) in [6, 6.07) is 17.9. The molecule has 3 heterocycles. The molecule has 0 bridgehead atoms. The number of para-hydroxylation sites is 1. The number of Topliss-reactive ketones (excluding diaryl/α,β-unsaturated/α-hetero) is 1. The monoisotopic (exact) mass is 347 g/mol. The second-order valence-electron chi connectivity index (χ2n) is 7.17. The van der Waals surface area contributed by atoms with Gasteiger partial charge in [-0.05, 0) is 30.5 Å². The maximum absolute atomic E-state index is 13.1. The van der Waals surface area contributed by atoms with Gasteiger partial charge in [-0.15, -0.1) is 0 Å². The van der Waals surface area contributed by atoms with Crippen LogP contribution in [0.3, 0.4) is 0 Å². The van der Waals surface area contributed by atoms with E-state index in [1.807, 2.05) is 48.7 Å². The van der Waals surface area contributed by atoms with Crippen molar-refractivity contribution < 1.29 is 14.3 Å². The maximum Gasteiger partial charge on any atom is 0.197 e. The first-order valence-electron chi connectivity index (χ1n) is 9.24. The molecule has 26 heavy (non-hydrogen) atoms. The highest BCUT2D eigenvalue weighted by atomic mass is 16.5. The quantitative estimate of drug-likeness (QED) is 0.829. The normalized spacial score (nSPS) is 26.9. The van der Waals surface area contributed by atoms with Gasteiger partial charge in [0.2, 0.25) is 0 Å². The van der Waals surface area contributed by atoms with Crippen molar-refractivity contribution >= 4 is 5.78 Å². The summed E-state index contributed by atoms with van der Waals surface area (Å²) in [4.78, 5) is 15.3. The smallest absolute Gasteiger partial charge is 0.197 e. The minimum atomic E-state index is -0.213. The Morgan fingerprint density at radius 1 is 1.04 bits per heavy atom. The molecule has 5 rings (SSSR count). The number of carbonyl (C=O) groups excluding carboxylic acids is 1. The van der Waals surface area contributed by atoms with Crippen molar-refractivity contribution in [2.75, 3.05) is 6.61 Å². The van der Waals surface area contributed by atoms with Crippen molar-refractivity contribution in [1.82, 2.24) is 4.90 Å². The highest BCUT2D eigenvalue weighted by Crippen LogP contribution is 2.42. The summed E-state index contributed by atoms with van der Waals surface area (Å²) in [7, 11) is 0. The lowest BCUT2D eigenvalue weighted by Crippen LogP contribution is -2.54. The molecule has 132 valence electrons. The Kier molecular flexibility index (Phi) is 3.79. The Balaban J connectivity index is 1.55. The number of hydrogen-bond donors (Lipinski definition) is 0. The third kappa shape index (κ3) is 2.53. The number of nitrogens with zero attached hydrogens (tertiary/aromatic N) is 1. The van der Waals surface area contributed by atoms with E-state index in [-0.39, 0.29) is 24.0 Å². The molecule has 0 amide bonds. The SMILES string of the molecule is O=C1C2=CN(Cc3ccccc3)C3OCCCC3C2Oc2ccccc21. The second kappa shape index (κ2) is 6.29. The molecule has 4 nitrogen and oxygen atoms in total. The van der Waals surface area contributed by atoms with Crippen LogP contribution in [-0.4, -0.2) is 29.6 Å². The summed E-state index contributed by atoms with van der Waals surface area (Å²) in [5.41, 5.74) is 2.62. The molecule has 0 N–H and O–H groups in total. The first kappa shape index (κ1) is 15.6. The van der Waals surface area contributed by atoms with Crippen LogP contribution in [-0.2, 0) is 11.3 Å². The molecule has 0 radical (unpaired) electrons. The van der Waals surface area contributed by atoms with Crippen molar-refractivity contribution in [1.29, 1.82) is 0 Å². The van der Waals surface area contributed by atoms with Crippen LogP contribution in [0.2, 0.25) is 0 Å². The van der Waals surface area contributed by atoms with Gasteiger partial charge >= 0.3 is 0 Å². The van der Waals surface area contributed by atoms with Crippen LogP contribution in [0.5, 0.6) is 5.75 Å². The number of fused-ring (bicyclic) bond motifs is 4. The Bertz CT molecular complexity index is 861. The van der Waals surface area contributed by atoms with E-state index in [4.69, 9.17) is 9.47 Å². The predicted octanol–water partition coefficient (Wildman–Crippen LogP) is 3.78. The fourth-order valence-corrected chi connectivity index (χ4v) is 4.31. The first-order chi connectivity index (χ1) is 12.8. The van der Waals surface area contributed by atoms with Crippen molar-refractivity contribution in [3.63, 3.8) is 0 Å². The minimum Gasteiger partial charge on any atom is -0.484 e. The average molecular weight is 347 g/mol. The van der Waals surface area contributed by atoms with Gasteiger partial charge in [0.15, 0.2) is 5.78 Å². The van der Waals surface area contributed by atoms with Crippen LogP contribution < -0.4 is 4.74 Å². The van der Waals surface area contributed by atoms with E-state index in [0.717, 1.165) is 31.6 Å². The van der Waals surface area contributed by atoms with E-state index in [9.17, 15) is 4.79 Å². The molecule has 2 aromatic rings. The minimum absolute atomic E-state index is 0.0456. The zero-order valence-corrected chi connectivity index (χ0v) is 14.5. The summed E-state index contributed by atoms with van der Waals surface area (Å²) >= 11 is 0. The van der Waals surface area contributed by atoms with E-state index in [0.29, 0.717) is 11.3 Å². The van der Waals surface area contributed by atoms with E-state index in [1.54, 1.807) is 0 Å². The molecule has 3 aliphatic rings. The molecule has 0 spiro atoms. The van der Waals surface area contributed by atoms with Crippen molar-refractivity contribution in [2.24, 2.45) is 5.92 Å². The Morgan fingerprint density at radius 3 is 2.73 bits per heavy atom. The Labute approximate surface area is 153 Å². The number of ether oxygens (including phenoxy) is 2. The molecule has 3 aliphatic heterocycles. The van der Waals surface area contributed by atoms with Crippen LogP contribution in [0, 0.1) is 5.92 Å². The van der Waals surface area contributed by atoms with Gasteiger partial charge < -0.3 is 14.4 Å².